The highest BCUT2D eigenvalue weighted by Crippen LogP contribution is 2.31. The third-order valence-electron chi connectivity index (χ3n) is 4.81. The van der Waals surface area contributed by atoms with E-state index in [0.29, 0.717) is 5.92 Å². The van der Waals surface area contributed by atoms with Crippen molar-refractivity contribution in [1.29, 1.82) is 0 Å². The van der Waals surface area contributed by atoms with Crippen LogP contribution in [0.4, 0.5) is 0 Å². The highest BCUT2D eigenvalue weighted by Gasteiger charge is 2.28. The van der Waals surface area contributed by atoms with Gasteiger partial charge in [0.2, 0.25) is 0 Å². The van der Waals surface area contributed by atoms with Gasteiger partial charge in [-0.1, -0.05) is 53.4 Å². The van der Waals surface area contributed by atoms with E-state index in [9.17, 15) is 4.79 Å². The Balaban J connectivity index is 2.26. The Morgan fingerprint density at radius 3 is 2.52 bits per heavy atom. The second-order valence-electron chi connectivity index (χ2n) is 6.39. The lowest BCUT2D eigenvalue weighted by Crippen LogP contribution is -2.25. The summed E-state index contributed by atoms with van der Waals surface area (Å²) < 4.78 is 5.94. The van der Waals surface area contributed by atoms with Crippen LogP contribution in [0.3, 0.4) is 0 Å². The molecular formula is C19H26BrNO2. The van der Waals surface area contributed by atoms with Crippen molar-refractivity contribution in [1.82, 2.24) is 0 Å². The number of ether oxygens (including phenoxy) is 1. The van der Waals surface area contributed by atoms with Crippen LogP contribution in [0, 0.1) is 5.92 Å². The van der Waals surface area contributed by atoms with Gasteiger partial charge in [-0.15, -0.1) is 0 Å². The molecule has 1 aromatic carbocycles. The molecule has 1 saturated carbocycles. The molecule has 0 heterocycles. The molecule has 1 aliphatic rings. The van der Waals surface area contributed by atoms with Crippen LogP contribution in [0.2, 0.25) is 0 Å². The maximum Gasteiger partial charge on any atom is 0.318 e. The van der Waals surface area contributed by atoms with Gasteiger partial charge in [0.05, 0.1) is 7.11 Å². The number of halogens is 1. The molecule has 0 N–H and O–H groups in total. The molecule has 0 spiro atoms. The first-order chi connectivity index (χ1) is 11.0. The van der Waals surface area contributed by atoms with Crippen molar-refractivity contribution in [3.8, 4) is 0 Å². The summed E-state index contributed by atoms with van der Waals surface area (Å²) in [6, 6.07) is 8.04. The van der Waals surface area contributed by atoms with Gasteiger partial charge in [0.25, 0.3) is 0 Å². The summed E-state index contributed by atoms with van der Waals surface area (Å²) >= 11 is 3.54. The third kappa shape index (κ3) is 4.66. The third-order valence-corrected chi connectivity index (χ3v) is 5.53. The van der Waals surface area contributed by atoms with E-state index < -0.39 is 5.92 Å². The van der Waals surface area contributed by atoms with Crippen molar-refractivity contribution in [2.24, 2.45) is 10.9 Å². The molecular weight excluding hydrogens is 354 g/mol. The van der Waals surface area contributed by atoms with E-state index in [1.54, 1.807) is 0 Å². The predicted molar refractivity (Wildman–Crippen MR) is 98.0 cm³/mol. The molecule has 0 aliphatic heterocycles. The van der Waals surface area contributed by atoms with Crippen LogP contribution in [0.15, 0.2) is 33.7 Å². The number of benzene rings is 1. The summed E-state index contributed by atoms with van der Waals surface area (Å²) in [7, 11) is 1.43. The summed E-state index contributed by atoms with van der Waals surface area (Å²) in [6.45, 7) is 4.12. The van der Waals surface area contributed by atoms with Crippen LogP contribution >= 0.6 is 15.9 Å². The average Bonchev–Trinajstić information content (AvgIpc) is 2.57. The van der Waals surface area contributed by atoms with Crippen molar-refractivity contribution >= 4 is 27.6 Å². The second-order valence-corrected chi connectivity index (χ2v) is 7.24. The summed E-state index contributed by atoms with van der Waals surface area (Å²) in [6.07, 6.45) is 6.43. The number of carbonyl (C=O) groups is 1. The lowest BCUT2D eigenvalue weighted by Gasteiger charge is -2.26. The zero-order chi connectivity index (χ0) is 16.8. The van der Waals surface area contributed by atoms with Crippen molar-refractivity contribution in [2.45, 2.75) is 57.9 Å². The molecule has 1 fully saturated rings. The summed E-state index contributed by atoms with van der Waals surface area (Å²) in [5.41, 5.74) is 1.75. The molecule has 1 aromatic rings. The fourth-order valence-electron chi connectivity index (χ4n) is 3.47. The summed E-state index contributed by atoms with van der Waals surface area (Å²) in [5, 5.41) is 0. The average molecular weight is 380 g/mol. The molecule has 0 bridgehead atoms. The minimum absolute atomic E-state index is 0.255. The minimum atomic E-state index is -0.443. The summed E-state index contributed by atoms with van der Waals surface area (Å²) in [4.78, 5) is 17.2. The van der Waals surface area contributed by atoms with Crippen LogP contribution < -0.4 is 0 Å². The summed E-state index contributed by atoms with van der Waals surface area (Å²) in [5.74, 6) is -0.0631. The minimum Gasteiger partial charge on any atom is -0.468 e. The lowest BCUT2D eigenvalue weighted by molar-refractivity contribution is -0.140. The first-order valence-corrected chi connectivity index (χ1v) is 9.20. The first kappa shape index (κ1) is 18.2. The number of esters is 1. The van der Waals surface area contributed by atoms with Gasteiger partial charge in [-0.2, -0.15) is 0 Å². The fraction of sp³-hybridized carbons (Fsp3) is 0.579. The second kappa shape index (κ2) is 8.62. The molecule has 0 radical (unpaired) electrons. The number of nitrogens with zero attached hydrogens (tertiary/aromatic N) is 1. The highest BCUT2D eigenvalue weighted by atomic mass is 79.9. The first-order valence-electron chi connectivity index (χ1n) is 8.41. The molecule has 3 nitrogen and oxygen atoms in total. The molecule has 2 atom stereocenters. The number of hydrogen-bond donors (Lipinski definition) is 0. The Kier molecular flexibility index (Phi) is 6.82. The maximum atomic E-state index is 12.3. The molecule has 0 aromatic heterocycles. The van der Waals surface area contributed by atoms with Gasteiger partial charge in [0.15, 0.2) is 0 Å². The number of rotatable bonds is 5. The van der Waals surface area contributed by atoms with E-state index in [-0.39, 0.29) is 12.0 Å². The van der Waals surface area contributed by atoms with Gasteiger partial charge in [-0.3, -0.25) is 9.79 Å². The molecule has 2 rings (SSSR count). The predicted octanol–water partition coefficient (Wildman–Crippen LogP) is 5.14. The van der Waals surface area contributed by atoms with Crippen molar-refractivity contribution in [3.05, 3.63) is 34.3 Å². The zero-order valence-corrected chi connectivity index (χ0v) is 15.8. The number of methoxy groups -OCH3 is 1. The Hall–Kier alpha value is -1.16. The van der Waals surface area contributed by atoms with E-state index in [1.807, 2.05) is 31.2 Å². The standard InChI is InChI=1S/C19H26BrNO2/c1-13(15-9-5-4-6-10-15)21-14(2)18(19(22)23-3)16-11-7-8-12-17(16)20/h7-8,11-13,15,18H,4-6,9-10H2,1-3H3/b21-14+. The SMILES string of the molecule is COC(=O)C(/C(C)=N/C(C)C1CCCCC1)c1ccccc1Br. The van der Waals surface area contributed by atoms with Gasteiger partial charge in [0.1, 0.15) is 5.92 Å². The van der Waals surface area contributed by atoms with Gasteiger partial charge in [-0.25, -0.2) is 0 Å². The molecule has 0 saturated heterocycles. The molecule has 0 amide bonds. The monoisotopic (exact) mass is 379 g/mol. The van der Waals surface area contributed by atoms with E-state index in [0.717, 1.165) is 15.7 Å². The Morgan fingerprint density at radius 2 is 1.91 bits per heavy atom. The number of aliphatic imine (C=N–C) groups is 1. The smallest absolute Gasteiger partial charge is 0.318 e. The van der Waals surface area contributed by atoms with Gasteiger partial charge in [-0.05, 0) is 44.2 Å². The molecule has 2 unspecified atom stereocenters. The molecule has 23 heavy (non-hydrogen) atoms. The highest BCUT2D eigenvalue weighted by molar-refractivity contribution is 9.10. The normalized spacial score (nSPS) is 19.2. The molecule has 4 heteroatoms. The topological polar surface area (TPSA) is 38.7 Å². The molecule has 1 aliphatic carbocycles. The van der Waals surface area contributed by atoms with Crippen LogP contribution in [0.25, 0.3) is 0 Å². The van der Waals surface area contributed by atoms with E-state index in [4.69, 9.17) is 9.73 Å². The van der Waals surface area contributed by atoms with Crippen LogP contribution in [0.5, 0.6) is 0 Å². The van der Waals surface area contributed by atoms with Gasteiger partial charge in [0, 0.05) is 16.2 Å². The van der Waals surface area contributed by atoms with Crippen molar-refractivity contribution in [2.75, 3.05) is 7.11 Å². The van der Waals surface area contributed by atoms with Crippen LogP contribution in [-0.4, -0.2) is 24.8 Å². The van der Waals surface area contributed by atoms with E-state index >= 15 is 0 Å². The Morgan fingerprint density at radius 1 is 1.26 bits per heavy atom. The number of carbonyl (C=O) groups excluding carboxylic acids is 1. The van der Waals surface area contributed by atoms with Crippen molar-refractivity contribution in [3.63, 3.8) is 0 Å². The Bertz CT molecular complexity index is 564. The van der Waals surface area contributed by atoms with Crippen LogP contribution in [0.1, 0.15) is 57.4 Å². The fourth-order valence-corrected chi connectivity index (χ4v) is 3.98. The van der Waals surface area contributed by atoms with Gasteiger partial charge < -0.3 is 4.74 Å². The largest absolute Gasteiger partial charge is 0.468 e. The zero-order valence-electron chi connectivity index (χ0n) is 14.2. The lowest BCUT2D eigenvalue weighted by atomic mass is 9.84. The van der Waals surface area contributed by atoms with E-state index in [1.165, 1.54) is 39.2 Å². The maximum absolute atomic E-state index is 12.3. The van der Waals surface area contributed by atoms with E-state index in [2.05, 4.69) is 22.9 Å². The Labute approximate surface area is 147 Å². The van der Waals surface area contributed by atoms with Crippen molar-refractivity contribution < 1.29 is 9.53 Å². The van der Waals surface area contributed by atoms with Gasteiger partial charge >= 0.3 is 5.97 Å². The quantitative estimate of drug-likeness (QED) is 0.524. The number of hydrogen-bond acceptors (Lipinski definition) is 3. The van der Waals surface area contributed by atoms with Crippen LogP contribution in [-0.2, 0) is 9.53 Å². The molecule has 126 valence electrons.